The number of hydrogen-bond donors (Lipinski definition) is 2. The van der Waals surface area contributed by atoms with Crippen molar-refractivity contribution in [3.8, 4) is 11.5 Å². The van der Waals surface area contributed by atoms with Gasteiger partial charge in [-0.1, -0.05) is 18.9 Å². The second-order valence-corrected chi connectivity index (χ2v) is 6.98. The Hall–Kier alpha value is -0.930. The van der Waals surface area contributed by atoms with Crippen molar-refractivity contribution in [2.45, 2.75) is 50.0 Å². The molecular formula is C17H24ClNO2. The van der Waals surface area contributed by atoms with E-state index in [0.29, 0.717) is 12.0 Å². The second-order valence-electron chi connectivity index (χ2n) is 6.98. The quantitative estimate of drug-likeness (QED) is 0.723. The van der Waals surface area contributed by atoms with Gasteiger partial charge in [0.05, 0.1) is 0 Å². The molecule has 0 spiro atoms. The first-order chi connectivity index (χ1) is 9.63. The number of phenols is 2. The number of likely N-dealkylation sites (N-methyl/N-ethyl adjacent to an activating group) is 1. The Balaban J connectivity index is 0.00000132. The lowest BCUT2D eigenvalue weighted by molar-refractivity contribution is 0.00132. The highest BCUT2D eigenvalue weighted by Crippen LogP contribution is 2.58. The van der Waals surface area contributed by atoms with E-state index in [0.717, 1.165) is 24.9 Å². The molecule has 0 radical (unpaired) electrons. The van der Waals surface area contributed by atoms with Crippen LogP contribution in [0.25, 0.3) is 0 Å². The SMILES string of the molecule is CN1CC[C@@]23CCCC[C@H]2[C@@H]1Cc1ccc(O)c(O)c13.Cl. The van der Waals surface area contributed by atoms with E-state index in [9.17, 15) is 10.2 Å². The molecule has 3 aliphatic rings. The summed E-state index contributed by atoms with van der Waals surface area (Å²) < 4.78 is 0. The first-order valence-corrected chi connectivity index (χ1v) is 7.88. The summed E-state index contributed by atoms with van der Waals surface area (Å²) in [4.78, 5) is 2.51. The molecule has 0 aromatic heterocycles. The maximum Gasteiger partial charge on any atom is 0.161 e. The summed E-state index contributed by atoms with van der Waals surface area (Å²) in [6, 6.07) is 4.30. The summed E-state index contributed by atoms with van der Waals surface area (Å²) in [6.07, 6.45) is 7.14. The molecule has 4 heteroatoms. The highest BCUT2D eigenvalue weighted by atomic mass is 35.5. The highest BCUT2D eigenvalue weighted by Gasteiger charge is 2.54. The lowest BCUT2D eigenvalue weighted by atomic mass is 9.52. The van der Waals surface area contributed by atoms with E-state index in [1.54, 1.807) is 6.07 Å². The molecular weight excluding hydrogens is 286 g/mol. The van der Waals surface area contributed by atoms with Crippen LogP contribution in [0.5, 0.6) is 11.5 Å². The van der Waals surface area contributed by atoms with Crippen LogP contribution < -0.4 is 0 Å². The van der Waals surface area contributed by atoms with Crippen LogP contribution in [0.1, 0.15) is 43.2 Å². The predicted molar refractivity (Wildman–Crippen MR) is 85.4 cm³/mol. The van der Waals surface area contributed by atoms with E-state index < -0.39 is 0 Å². The van der Waals surface area contributed by atoms with Gasteiger partial charge in [-0.2, -0.15) is 0 Å². The van der Waals surface area contributed by atoms with Crippen molar-refractivity contribution < 1.29 is 10.2 Å². The van der Waals surface area contributed by atoms with Crippen molar-refractivity contribution in [1.82, 2.24) is 4.90 Å². The van der Waals surface area contributed by atoms with E-state index in [-0.39, 0.29) is 29.3 Å². The smallest absolute Gasteiger partial charge is 0.161 e. The lowest BCUT2D eigenvalue weighted by Gasteiger charge is -2.58. The molecule has 2 N–H and O–H groups in total. The second kappa shape index (κ2) is 5.06. The van der Waals surface area contributed by atoms with Crippen molar-refractivity contribution in [3.05, 3.63) is 23.3 Å². The maximum absolute atomic E-state index is 10.5. The van der Waals surface area contributed by atoms with Crippen molar-refractivity contribution >= 4 is 12.4 Å². The molecule has 2 fully saturated rings. The normalized spacial score (nSPS) is 34.5. The summed E-state index contributed by atoms with van der Waals surface area (Å²) in [5, 5.41) is 20.4. The van der Waals surface area contributed by atoms with Crippen LogP contribution in [0.15, 0.2) is 12.1 Å². The first-order valence-electron chi connectivity index (χ1n) is 7.88. The number of halogens is 1. The van der Waals surface area contributed by atoms with E-state index >= 15 is 0 Å². The van der Waals surface area contributed by atoms with E-state index in [1.165, 1.54) is 31.2 Å². The number of piperidine rings is 1. The number of benzene rings is 1. The Morgan fingerprint density at radius 3 is 2.81 bits per heavy atom. The van der Waals surface area contributed by atoms with Gasteiger partial charge in [-0.15, -0.1) is 12.4 Å². The molecule has 4 rings (SSSR count). The molecule has 1 heterocycles. The average Bonchev–Trinajstić information content (AvgIpc) is 2.46. The Labute approximate surface area is 132 Å². The molecule has 0 unspecified atom stereocenters. The van der Waals surface area contributed by atoms with Gasteiger partial charge in [0.25, 0.3) is 0 Å². The molecule has 2 bridgehead atoms. The number of rotatable bonds is 0. The molecule has 21 heavy (non-hydrogen) atoms. The minimum absolute atomic E-state index is 0. The Bertz CT molecular complexity index is 562. The molecule has 1 aromatic rings. The van der Waals surface area contributed by atoms with Crippen LogP contribution in [0.2, 0.25) is 0 Å². The van der Waals surface area contributed by atoms with Crippen LogP contribution in [-0.4, -0.2) is 34.7 Å². The fraction of sp³-hybridized carbons (Fsp3) is 0.647. The fourth-order valence-corrected chi connectivity index (χ4v) is 5.29. The van der Waals surface area contributed by atoms with Gasteiger partial charge in [0.2, 0.25) is 0 Å². The number of nitrogens with zero attached hydrogens (tertiary/aromatic N) is 1. The Kier molecular flexibility index (Phi) is 3.61. The molecule has 116 valence electrons. The molecule has 0 amide bonds. The average molecular weight is 310 g/mol. The standard InChI is InChI=1S/C17H23NO2.ClH/c1-18-9-8-17-7-3-2-4-12(17)13(18)10-11-5-6-14(19)16(20)15(11)17;/h5-6,12-13,19-20H,2-4,7-10H2,1H3;1H/t12-,13-,17-;/m0./s1. The van der Waals surface area contributed by atoms with E-state index in [2.05, 4.69) is 11.9 Å². The van der Waals surface area contributed by atoms with Gasteiger partial charge >= 0.3 is 0 Å². The molecule has 2 aliphatic carbocycles. The van der Waals surface area contributed by atoms with Gasteiger partial charge in [-0.25, -0.2) is 0 Å². The number of phenolic OH excluding ortho intramolecular Hbond substituents is 2. The largest absolute Gasteiger partial charge is 0.504 e. The van der Waals surface area contributed by atoms with Crippen molar-refractivity contribution in [2.24, 2.45) is 5.92 Å². The van der Waals surface area contributed by atoms with Gasteiger partial charge in [-0.05, 0) is 56.8 Å². The minimum atomic E-state index is 0. The minimum Gasteiger partial charge on any atom is -0.504 e. The zero-order chi connectivity index (χ0) is 13.9. The number of fused-ring (bicyclic) bond motifs is 1. The van der Waals surface area contributed by atoms with Crippen LogP contribution in [-0.2, 0) is 11.8 Å². The van der Waals surface area contributed by atoms with Gasteiger partial charge in [0.15, 0.2) is 11.5 Å². The molecule has 1 saturated carbocycles. The summed E-state index contributed by atoms with van der Waals surface area (Å²) in [7, 11) is 2.24. The van der Waals surface area contributed by atoms with Gasteiger partial charge in [0, 0.05) is 17.0 Å². The fourth-order valence-electron chi connectivity index (χ4n) is 5.29. The van der Waals surface area contributed by atoms with E-state index in [1.807, 2.05) is 6.07 Å². The zero-order valence-corrected chi connectivity index (χ0v) is 13.3. The summed E-state index contributed by atoms with van der Waals surface area (Å²) >= 11 is 0. The highest BCUT2D eigenvalue weighted by molar-refractivity contribution is 5.85. The molecule has 3 atom stereocenters. The molecule has 1 aromatic carbocycles. The summed E-state index contributed by atoms with van der Waals surface area (Å²) in [5.74, 6) is 0.868. The number of aromatic hydroxyl groups is 2. The van der Waals surface area contributed by atoms with Crippen LogP contribution >= 0.6 is 12.4 Å². The molecule has 3 nitrogen and oxygen atoms in total. The third-order valence-electron chi connectivity index (χ3n) is 6.21. The van der Waals surface area contributed by atoms with Gasteiger partial charge < -0.3 is 15.1 Å². The topological polar surface area (TPSA) is 43.7 Å². The van der Waals surface area contributed by atoms with Gasteiger partial charge in [0.1, 0.15) is 0 Å². The first kappa shape index (κ1) is 15.0. The maximum atomic E-state index is 10.5. The van der Waals surface area contributed by atoms with Crippen molar-refractivity contribution in [2.75, 3.05) is 13.6 Å². The molecule has 1 saturated heterocycles. The predicted octanol–water partition coefficient (Wildman–Crippen LogP) is 3.21. The zero-order valence-electron chi connectivity index (χ0n) is 12.5. The van der Waals surface area contributed by atoms with Crippen LogP contribution in [0.3, 0.4) is 0 Å². The Morgan fingerprint density at radius 1 is 1.19 bits per heavy atom. The number of hydrogen-bond acceptors (Lipinski definition) is 3. The third kappa shape index (κ3) is 1.90. The number of likely N-dealkylation sites (tertiary alicyclic amines) is 1. The van der Waals surface area contributed by atoms with Crippen molar-refractivity contribution in [3.63, 3.8) is 0 Å². The van der Waals surface area contributed by atoms with E-state index in [4.69, 9.17) is 0 Å². The third-order valence-corrected chi connectivity index (χ3v) is 6.21. The molecule has 1 aliphatic heterocycles. The Morgan fingerprint density at radius 2 is 2.00 bits per heavy atom. The van der Waals surface area contributed by atoms with Gasteiger partial charge in [-0.3, -0.25) is 0 Å². The van der Waals surface area contributed by atoms with Crippen LogP contribution in [0, 0.1) is 5.92 Å². The lowest BCUT2D eigenvalue weighted by Crippen LogP contribution is -2.59. The van der Waals surface area contributed by atoms with Crippen LogP contribution in [0.4, 0.5) is 0 Å². The monoisotopic (exact) mass is 309 g/mol. The van der Waals surface area contributed by atoms with Crippen molar-refractivity contribution in [1.29, 1.82) is 0 Å². The summed E-state index contributed by atoms with van der Waals surface area (Å²) in [5.41, 5.74) is 2.47. The summed E-state index contributed by atoms with van der Waals surface area (Å²) in [6.45, 7) is 1.11.